The van der Waals surface area contributed by atoms with Crippen molar-refractivity contribution in [2.75, 3.05) is 14.2 Å². The van der Waals surface area contributed by atoms with Gasteiger partial charge in [0.25, 0.3) is 5.92 Å². The maximum absolute atomic E-state index is 13.6. The molecular formula is C14H13F2NO5. The summed E-state index contributed by atoms with van der Waals surface area (Å²) in [5, 5.41) is 12.2. The van der Waals surface area contributed by atoms with Crippen molar-refractivity contribution in [1.82, 2.24) is 5.16 Å². The van der Waals surface area contributed by atoms with Gasteiger partial charge < -0.3 is 19.1 Å². The van der Waals surface area contributed by atoms with E-state index in [1.807, 2.05) is 0 Å². The minimum atomic E-state index is -3.12. The summed E-state index contributed by atoms with van der Waals surface area (Å²) >= 11 is 0. The topological polar surface area (TPSA) is 81.8 Å². The van der Waals surface area contributed by atoms with E-state index in [2.05, 4.69) is 5.16 Å². The molecule has 0 aliphatic carbocycles. The number of carboxylic acid groups (broad SMARTS) is 1. The molecule has 0 saturated carbocycles. The number of aromatic nitrogens is 1. The highest BCUT2D eigenvalue weighted by Gasteiger charge is 2.29. The van der Waals surface area contributed by atoms with Crippen molar-refractivity contribution in [3.63, 3.8) is 0 Å². The van der Waals surface area contributed by atoms with Gasteiger partial charge in [-0.1, -0.05) is 5.16 Å². The Hall–Kier alpha value is -2.64. The van der Waals surface area contributed by atoms with E-state index in [-0.39, 0.29) is 34.1 Å². The molecule has 1 N–H and O–H groups in total. The van der Waals surface area contributed by atoms with E-state index in [1.165, 1.54) is 14.2 Å². The van der Waals surface area contributed by atoms with Gasteiger partial charge in [0.1, 0.15) is 0 Å². The summed E-state index contributed by atoms with van der Waals surface area (Å²) in [5.41, 5.74) is -0.545. The second-order valence-corrected chi connectivity index (χ2v) is 4.53. The lowest BCUT2D eigenvalue weighted by molar-refractivity contribution is 0.0172. The van der Waals surface area contributed by atoms with E-state index in [0.29, 0.717) is 0 Å². The molecule has 0 aliphatic heterocycles. The second kappa shape index (κ2) is 5.63. The predicted molar refractivity (Wildman–Crippen MR) is 71.6 cm³/mol. The van der Waals surface area contributed by atoms with Crippen LogP contribution in [0.1, 0.15) is 23.0 Å². The Morgan fingerprint density at radius 3 is 2.41 bits per heavy atom. The number of hydrogen-bond acceptors (Lipinski definition) is 5. The zero-order chi connectivity index (χ0) is 16.5. The SMILES string of the molecule is COc1cc(C(C)(F)F)cc(-c2cc(C(=O)O)no2)c1OC. The van der Waals surface area contributed by atoms with Crippen molar-refractivity contribution in [2.24, 2.45) is 0 Å². The Morgan fingerprint density at radius 1 is 1.27 bits per heavy atom. The number of carbonyl (C=O) groups is 1. The van der Waals surface area contributed by atoms with Crippen LogP contribution < -0.4 is 9.47 Å². The van der Waals surface area contributed by atoms with Crippen LogP contribution >= 0.6 is 0 Å². The van der Waals surface area contributed by atoms with Gasteiger partial charge in [-0.2, -0.15) is 0 Å². The summed E-state index contributed by atoms with van der Waals surface area (Å²) in [6, 6.07) is 3.42. The van der Waals surface area contributed by atoms with E-state index in [0.717, 1.165) is 25.1 Å². The molecule has 0 spiro atoms. The minimum Gasteiger partial charge on any atom is -0.493 e. The maximum atomic E-state index is 13.6. The number of methoxy groups -OCH3 is 2. The molecule has 0 unspecified atom stereocenters. The smallest absolute Gasteiger partial charge is 0.358 e. The Kier molecular flexibility index (Phi) is 4.03. The summed E-state index contributed by atoms with van der Waals surface area (Å²) in [6.45, 7) is 0.737. The zero-order valence-corrected chi connectivity index (χ0v) is 12.0. The Bertz CT molecular complexity index is 706. The van der Waals surface area contributed by atoms with Crippen LogP contribution in [-0.4, -0.2) is 30.5 Å². The van der Waals surface area contributed by atoms with E-state index >= 15 is 0 Å². The molecule has 0 radical (unpaired) electrons. The first-order valence-electron chi connectivity index (χ1n) is 6.12. The third-order valence-corrected chi connectivity index (χ3v) is 2.98. The van der Waals surface area contributed by atoms with E-state index in [1.54, 1.807) is 0 Å². The fourth-order valence-electron chi connectivity index (χ4n) is 1.90. The average Bonchev–Trinajstić information content (AvgIpc) is 2.94. The van der Waals surface area contributed by atoms with Gasteiger partial charge in [-0.25, -0.2) is 13.6 Å². The number of aromatic carboxylic acids is 1. The molecule has 0 amide bonds. The molecule has 0 atom stereocenters. The van der Waals surface area contributed by atoms with Gasteiger partial charge >= 0.3 is 5.97 Å². The van der Waals surface area contributed by atoms with Crippen LogP contribution in [0.2, 0.25) is 0 Å². The molecule has 118 valence electrons. The predicted octanol–water partition coefficient (Wildman–Crippen LogP) is 3.17. The van der Waals surface area contributed by atoms with E-state index in [9.17, 15) is 13.6 Å². The second-order valence-electron chi connectivity index (χ2n) is 4.53. The number of hydrogen-bond donors (Lipinski definition) is 1. The zero-order valence-electron chi connectivity index (χ0n) is 12.0. The number of benzene rings is 1. The maximum Gasteiger partial charge on any atom is 0.358 e. The lowest BCUT2D eigenvalue weighted by Crippen LogP contribution is -2.08. The third-order valence-electron chi connectivity index (χ3n) is 2.98. The molecule has 1 aromatic heterocycles. The van der Waals surface area contributed by atoms with Crippen molar-refractivity contribution in [2.45, 2.75) is 12.8 Å². The van der Waals surface area contributed by atoms with Gasteiger partial charge in [0.05, 0.1) is 19.8 Å². The highest BCUT2D eigenvalue weighted by molar-refractivity contribution is 5.87. The lowest BCUT2D eigenvalue weighted by atomic mass is 10.0. The van der Waals surface area contributed by atoms with Crippen LogP contribution in [0.3, 0.4) is 0 Å². The number of ether oxygens (including phenoxy) is 2. The van der Waals surface area contributed by atoms with Crippen molar-refractivity contribution in [3.05, 3.63) is 29.5 Å². The highest BCUT2D eigenvalue weighted by atomic mass is 19.3. The Balaban J connectivity index is 2.68. The quantitative estimate of drug-likeness (QED) is 0.913. The standard InChI is InChI=1S/C14H13F2NO5/c1-14(15,16)7-4-8(12(21-3)11(5-7)20-2)10-6-9(13(18)19)17-22-10/h4-6H,1-3H3,(H,18,19). The van der Waals surface area contributed by atoms with E-state index in [4.69, 9.17) is 19.1 Å². The molecule has 6 nitrogen and oxygen atoms in total. The summed E-state index contributed by atoms with van der Waals surface area (Å²) in [7, 11) is 2.64. The first-order valence-corrected chi connectivity index (χ1v) is 6.12. The van der Waals surface area contributed by atoms with Gasteiger partial charge in [0.2, 0.25) is 0 Å². The van der Waals surface area contributed by atoms with Crippen molar-refractivity contribution in [1.29, 1.82) is 0 Å². The number of alkyl halides is 2. The van der Waals surface area contributed by atoms with Gasteiger partial charge in [0, 0.05) is 18.6 Å². The van der Waals surface area contributed by atoms with Crippen molar-refractivity contribution >= 4 is 5.97 Å². The molecule has 8 heteroatoms. The molecule has 0 saturated heterocycles. The van der Waals surface area contributed by atoms with Crippen molar-refractivity contribution < 1.29 is 32.7 Å². The molecule has 0 fully saturated rings. The first kappa shape index (κ1) is 15.7. The summed E-state index contributed by atoms with van der Waals surface area (Å²) < 4.78 is 42.3. The fraction of sp³-hybridized carbons (Fsp3) is 0.286. The molecule has 0 bridgehead atoms. The Morgan fingerprint density at radius 2 is 1.95 bits per heavy atom. The van der Waals surface area contributed by atoms with E-state index < -0.39 is 11.9 Å². The largest absolute Gasteiger partial charge is 0.493 e. The molecule has 0 aliphatic rings. The number of halogens is 2. The van der Waals surface area contributed by atoms with Crippen LogP contribution in [0.4, 0.5) is 8.78 Å². The summed E-state index contributed by atoms with van der Waals surface area (Å²) in [6.07, 6.45) is 0. The van der Waals surface area contributed by atoms with Crippen molar-refractivity contribution in [3.8, 4) is 22.8 Å². The first-order chi connectivity index (χ1) is 10.3. The number of rotatable bonds is 5. The fourth-order valence-corrected chi connectivity index (χ4v) is 1.90. The number of carboxylic acids is 1. The minimum absolute atomic E-state index is 0.0151. The van der Waals surface area contributed by atoms with Crippen LogP contribution in [0.15, 0.2) is 22.7 Å². The van der Waals surface area contributed by atoms with Gasteiger partial charge in [-0.3, -0.25) is 0 Å². The molecule has 1 aromatic carbocycles. The van der Waals surface area contributed by atoms with Gasteiger partial charge in [-0.15, -0.1) is 0 Å². The third kappa shape index (κ3) is 2.85. The van der Waals surface area contributed by atoms with Crippen LogP contribution in [-0.2, 0) is 5.92 Å². The van der Waals surface area contributed by atoms with Gasteiger partial charge in [0.15, 0.2) is 23.0 Å². The lowest BCUT2D eigenvalue weighted by Gasteiger charge is -2.16. The van der Waals surface area contributed by atoms with Crippen LogP contribution in [0.5, 0.6) is 11.5 Å². The molecule has 2 rings (SSSR count). The number of nitrogens with zero attached hydrogens (tertiary/aromatic N) is 1. The molecule has 22 heavy (non-hydrogen) atoms. The van der Waals surface area contributed by atoms with Crippen LogP contribution in [0, 0.1) is 0 Å². The highest BCUT2D eigenvalue weighted by Crippen LogP contribution is 2.42. The Labute approximate surface area is 124 Å². The van der Waals surface area contributed by atoms with Gasteiger partial charge in [-0.05, 0) is 12.1 Å². The summed E-state index contributed by atoms with van der Waals surface area (Å²) in [4.78, 5) is 10.9. The molecule has 2 aromatic rings. The summed E-state index contributed by atoms with van der Waals surface area (Å²) in [5.74, 6) is -4.21. The average molecular weight is 313 g/mol. The molecule has 1 heterocycles. The van der Waals surface area contributed by atoms with Crippen LogP contribution in [0.25, 0.3) is 11.3 Å². The molecular weight excluding hydrogens is 300 g/mol. The monoisotopic (exact) mass is 313 g/mol. The normalized spacial score (nSPS) is 11.3.